The number of carbonyl (C=O) groups is 1. The zero-order chi connectivity index (χ0) is 14.9. The lowest BCUT2D eigenvalue weighted by Crippen LogP contribution is -2.31. The predicted molar refractivity (Wildman–Crippen MR) is 81.5 cm³/mol. The van der Waals surface area contributed by atoms with Crippen LogP contribution in [0, 0.1) is 13.8 Å². The Hall–Kier alpha value is -0.780. The average Bonchev–Trinajstić information content (AvgIpc) is 2.90. The molecular weight excluding hydrogens is 346 g/mol. The standard InChI is InChI=1S/C14H17BrClNO3/c1-7-4-11(12(15)8(2)13(7)16)20-9-5-10(17-6-9)14(18)19-3/h4,9-10,17H,5-6H2,1-3H3/t9-,10+/m1/s1. The quantitative estimate of drug-likeness (QED) is 0.840. The van der Waals surface area contributed by atoms with Gasteiger partial charge in [0.1, 0.15) is 17.9 Å². The summed E-state index contributed by atoms with van der Waals surface area (Å²) in [6.45, 7) is 4.50. The molecule has 4 nitrogen and oxygen atoms in total. The van der Waals surface area contributed by atoms with Crippen molar-refractivity contribution in [3.63, 3.8) is 0 Å². The van der Waals surface area contributed by atoms with Crippen molar-refractivity contribution < 1.29 is 14.3 Å². The Kier molecular flexibility index (Phi) is 4.94. The third-order valence-corrected chi connectivity index (χ3v) is 5.01. The monoisotopic (exact) mass is 361 g/mol. The summed E-state index contributed by atoms with van der Waals surface area (Å²) in [5.74, 6) is 0.500. The Bertz CT molecular complexity index is 536. The summed E-state index contributed by atoms with van der Waals surface area (Å²) in [5.41, 5.74) is 1.93. The Balaban J connectivity index is 2.11. The van der Waals surface area contributed by atoms with Gasteiger partial charge >= 0.3 is 5.97 Å². The first-order valence-electron chi connectivity index (χ1n) is 6.37. The summed E-state index contributed by atoms with van der Waals surface area (Å²) in [7, 11) is 1.39. The number of benzene rings is 1. The van der Waals surface area contributed by atoms with E-state index in [1.807, 2.05) is 19.9 Å². The van der Waals surface area contributed by atoms with Crippen molar-refractivity contribution in [1.82, 2.24) is 5.32 Å². The van der Waals surface area contributed by atoms with Crippen molar-refractivity contribution in [2.75, 3.05) is 13.7 Å². The molecule has 0 aliphatic carbocycles. The van der Waals surface area contributed by atoms with Gasteiger partial charge in [0.05, 0.1) is 11.6 Å². The van der Waals surface area contributed by atoms with E-state index in [4.69, 9.17) is 21.1 Å². The highest BCUT2D eigenvalue weighted by Gasteiger charge is 2.31. The molecule has 1 N–H and O–H groups in total. The van der Waals surface area contributed by atoms with E-state index in [1.54, 1.807) is 0 Å². The summed E-state index contributed by atoms with van der Waals surface area (Å²) in [5, 5.41) is 3.83. The highest BCUT2D eigenvalue weighted by molar-refractivity contribution is 9.10. The molecule has 1 saturated heterocycles. The second-order valence-electron chi connectivity index (χ2n) is 4.90. The fourth-order valence-electron chi connectivity index (χ4n) is 2.28. The van der Waals surface area contributed by atoms with Crippen LogP contribution in [0.5, 0.6) is 5.75 Å². The molecule has 0 bridgehead atoms. The smallest absolute Gasteiger partial charge is 0.323 e. The van der Waals surface area contributed by atoms with Gasteiger partial charge in [-0.05, 0) is 47.0 Å². The Morgan fingerprint density at radius 2 is 2.20 bits per heavy atom. The summed E-state index contributed by atoms with van der Waals surface area (Å²) in [6, 6.07) is 1.61. The Labute approximate surface area is 131 Å². The van der Waals surface area contributed by atoms with Crippen LogP contribution in [0.4, 0.5) is 0 Å². The zero-order valence-electron chi connectivity index (χ0n) is 11.6. The molecule has 0 unspecified atom stereocenters. The van der Waals surface area contributed by atoms with Gasteiger partial charge in [0.2, 0.25) is 0 Å². The number of rotatable bonds is 3. The Morgan fingerprint density at radius 3 is 2.85 bits per heavy atom. The minimum Gasteiger partial charge on any atom is -0.488 e. The molecule has 0 amide bonds. The molecule has 2 atom stereocenters. The number of nitrogens with one attached hydrogen (secondary N) is 1. The van der Waals surface area contributed by atoms with Crippen LogP contribution in [-0.2, 0) is 9.53 Å². The molecule has 1 fully saturated rings. The highest BCUT2D eigenvalue weighted by Crippen LogP contribution is 2.36. The molecular formula is C14H17BrClNO3. The van der Waals surface area contributed by atoms with E-state index in [-0.39, 0.29) is 18.1 Å². The van der Waals surface area contributed by atoms with Crippen molar-refractivity contribution in [2.45, 2.75) is 32.4 Å². The van der Waals surface area contributed by atoms with Crippen LogP contribution in [0.3, 0.4) is 0 Å². The lowest BCUT2D eigenvalue weighted by molar-refractivity contribution is -0.142. The van der Waals surface area contributed by atoms with Crippen molar-refractivity contribution in [3.05, 3.63) is 26.7 Å². The molecule has 2 rings (SSSR count). The fraction of sp³-hybridized carbons (Fsp3) is 0.500. The van der Waals surface area contributed by atoms with E-state index in [2.05, 4.69) is 21.2 Å². The first-order chi connectivity index (χ1) is 9.43. The fourth-order valence-corrected chi connectivity index (χ4v) is 2.95. The minimum atomic E-state index is -0.293. The van der Waals surface area contributed by atoms with E-state index in [1.165, 1.54) is 7.11 Å². The summed E-state index contributed by atoms with van der Waals surface area (Å²) in [4.78, 5) is 11.5. The SMILES string of the molecule is COC(=O)[C@@H]1C[C@@H](Oc2cc(C)c(Cl)c(C)c2Br)CN1. The maximum absolute atomic E-state index is 11.5. The van der Waals surface area contributed by atoms with Gasteiger partial charge in [0.25, 0.3) is 0 Å². The maximum atomic E-state index is 11.5. The molecule has 1 aromatic rings. The molecule has 0 aromatic heterocycles. The molecule has 6 heteroatoms. The zero-order valence-corrected chi connectivity index (χ0v) is 14.0. The lowest BCUT2D eigenvalue weighted by Gasteiger charge is -2.17. The number of ether oxygens (including phenoxy) is 2. The van der Waals surface area contributed by atoms with Gasteiger partial charge in [-0.25, -0.2) is 0 Å². The average molecular weight is 363 g/mol. The number of hydrogen-bond donors (Lipinski definition) is 1. The van der Waals surface area contributed by atoms with Gasteiger partial charge in [0.15, 0.2) is 0 Å². The largest absolute Gasteiger partial charge is 0.488 e. The van der Waals surface area contributed by atoms with Crippen molar-refractivity contribution in [2.24, 2.45) is 0 Å². The van der Waals surface area contributed by atoms with Gasteiger partial charge in [0, 0.05) is 18.0 Å². The van der Waals surface area contributed by atoms with Crippen molar-refractivity contribution in [1.29, 1.82) is 0 Å². The second-order valence-corrected chi connectivity index (χ2v) is 6.08. The predicted octanol–water partition coefficient (Wildman–Crippen LogP) is 3.00. The molecule has 0 radical (unpaired) electrons. The van der Waals surface area contributed by atoms with Crippen LogP contribution >= 0.6 is 27.5 Å². The number of esters is 1. The van der Waals surface area contributed by atoms with E-state index >= 15 is 0 Å². The third kappa shape index (κ3) is 3.10. The van der Waals surface area contributed by atoms with Crippen LogP contribution in [0.2, 0.25) is 5.02 Å². The van der Waals surface area contributed by atoms with E-state index in [9.17, 15) is 4.79 Å². The molecule has 1 aliphatic heterocycles. The van der Waals surface area contributed by atoms with Gasteiger partial charge in [-0.2, -0.15) is 0 Å². The van der Waals surface area contributed by atoms with Crippen LogP contribution in [0.1, 0.15) is 17.5 Å². The minimum absolute atomic E-state index is 0.0598. The molecule has 1 aliphatic rings. The van der Waals surface area contributed by atoms with Crippen LogP contribution in [0.25, 0.3) is 0 Å². The number of aryl methyl sites for hydroxylation is 1. The summed E-state index contributed by atoms with van der Waals surface area (Å²) < 4.78 is 11.6. The van der Waals surface area contributed by atoms with Gasteiger partial charge in [-0.1, -0.05) is 11.6 Å². The number of hydrogen-bond acceptors (Lipinski definition) is 4. The molecule has 0 spiro atoms. The number of methoxy groups -OCH3 is 1. The second kappa shape index (κ2) is 6.33. The maximum Gasteiger partial charge on any atom is 0.323 e. The van der Waals surface area contributed by atoms with Crippen molar-refractivity contribution in [3.8, 4) is 5.75 Å². The molecule has 20 heavy (non-hydrogen) atoms. The third-order valence-electron chi connectivity index (χ3n) is 3.44. The molecule has 1 aromatic carbocycles. The molecule has 110 valence electrons. The number of carbonyl (C=O) groups excluding carboxylic acids is 1. The number of halogens is 2. The van der Waals surface area contributed by atoms with E-state index in [0.29, 0.717) is 13.0 Å². The first kappa shape index (κ1) is 15.6. The summed E-state index contributed by atoms with van der Waals surface area (Å²) in [6.07, 6.45) is 0.537. The van der Waals surface area contributed by atoms with Crippen LogP contribution in [0.15, 0.2) is 10.5 Å². The molecule has 0 saturated carbocycles. The van der Waals surface area contributed by atoms with E-state index < -0.39 is 0 Å². The Morgan fingerprint density at radius 1 is 1.50 bits per heavy atom. The van der Waals surface area contributed by atoms with Crippen molar-refractivity contribution >= 4 is 33.5 Å². The van der Waals surface area contributed by atoms with E-state index in [0.717, 1.165) is 26.4 Å². The topological polar surface area (TPSA) is 47.6 Å². The highest BCUT2D eigenvalue weighted by atomic mass is 79.9. The lowest BCUT2D eigenvalue weighted by atomic mass is 10.1. The van der Waals surface area contributed by atoms with Gasteiger partial charge in [-0.3, -0.25) is 4.79 Å². The van der Waals surface area contributed by atoms with Gasteiger partial charge in [-0.15, -0.1) is 0 Å². The van der Waals surface area contributed by atoms with Crippen LogP contribution < -0.4 is 10.1 Å². The van der Waals surface area contributed by atoms with Crippen LogP contribution in [-0.4, -0.2) is 31.8 Å². The molecule has 1 heterocycles. The van der Waals surface area contributed by atoms with Gasteiger partial charge < -0.3 is 14.8 Å². The first-order valence-corrected chi connectivity index (χ1v) is 7.54. The normalized spacial score (nSPS) is 21.9. The summed E-state index contributed by atoms with van der Waals surface area (Å²) >= 11 is 9.70.